The van der Waals surface area contributed by atoms with E-state index in [-0.39, 0.29) is 5.41 Å². The van der Waals surface area contributed by atoms with Gasteiger partial charge in [0.2, 0.25) is 0 Å². The molecule has 21 heavy (non-hydrogen) atoms. The second-order valence-electron chi connectivity index (χ2n) is 7.32. The van der Waals surface area contributed by atoms with E-state index < -0.39 is 0 Å². The minimum absolute atomic E-state index is 0.221. The SMILES string of the molecule is CC(C)CN(CCCCC(C)(C)C(N)=NO)CCN(C)C. The summed E-state index contributed by atoms with van der Waals surface area (Å²) in [6.07, 6.45) is 3.20. The number of amidine groups is 1. The summed E-state index contributed by atoms with van der Waals surface area (Å²) in [4.78, 5) is 4.77. The summed E-state index contributed by atoms with van der Waals surface area (Å²) >= 11 is 0. The van der Waals surface area contributed by atoms with E-state index >= 15 is 0 Å². The normalized spacial score (nSPS) is 13.7. The standard InChI is InChI=1S/C16H36N4O/c1-14(2)13-20(12-11-19(5)6)10-8-7-9-16(3,4)15(17)18-21/h14,21H,7-13H2,1-6H3,(H2,17,18). The van der Waals surface area contributed by atoms with Crippen LogP contribution < -0.4 is 5.73 Å². The molecule has 0 saturated heterocycles. The van der Waals surface area contributed by atoms with Crippen molar-refractivity contribution in [2.24, 2.45) is 22.2 Å². The molecule has 0 aromatic heterocycles. The van der Waals surface area contributed by atoms with E-state index in [1.54, 1.807) is 0 Å². The average molecular weight is 300 g/mol. The zero-order valence-corrected chi connectivity index (χ0v) is 14.9. The largest absolute Gasteiger partial charge is 0.409 e. The van der Waals surface area contributed by atoms with E-state index in [0.717, 1.165) is 45.4 Å². The van der Waals surface area contributed by atoms with Crippen LogP contribution in [0.15, 0.2) is 5.16 Å². The Labute approximate surface area is 131 Å². The molecule has 5 heteroatoms. The van der Waals surface area contributed by atoms with Crippen molar-refractivity contribution in [3.63, 3.8) is 0 Å². The first-order chi connectivity index (χ1) is 9.69. The third-order valence-electron chi connectivity index (χ3n) is 3.81. The maximum Gasteiger partial charge on any atom is 0.144 e. The molecule has 0 aliphatic carbocycles. The van der Waals surface area contributed by atoms with E-state index in [2.05, 4.69) is 42.9 Å². The van der Waals surface area contributed by atoms with Gasteiger partial charge in [0.05, 0.1) is 0 Å². The van der Waals surface area contributed by atoms with Crippen LogP contribution >= 0.6 is 0 Å². The number of nitrogens with zero attached hydrogens (tertiary/aromatic N) is 3. The third-order valence-corrected chi connectivity index (χ3v) is 3.81. The summed E-state index contributed by atoms with van der Waals surface area (Å²) < 4.78 is 0. The van der Waals surface area contributed by atoms with E-state index in [9.17, 15) is 0 Å². The molecule has 0 fully saturated rings. The van der Waals surface area contributed by atoms with Crippen molar-refractivity contribution < 1.29 is 5.21 Å². The van der Waals surface area contributed by atoms with Gasteiger partial charge in [-0.1, -0.05) is 39.3 Å². The molecule has 0 rings (SSSR count). The number of hydrogen-bond acceptors (Lipinski definition) is 4. The Hall–Kier alpha value is -0.810. The van der Waals surface area contributed by atoms with Gasteiger partial charge in [0.1, 0.15) is 5.84 Å². The lowest BCUT2D eigenvalue weighted by Gasteiger charge is -2.27. The molecule has 0 bridgehead atoms. The van der Waals surface area contributed by atoms with E-state index in [1.807, 2.05) is 13.8 Å². The van der Waals surface area contributed by atoms with Gasteiger partial charge in [-0.15, -0.1) is 0 Å². The number of rotatable bonds is 11. The fourth-order valence-electron chi connectivity index (χ4n) is 2.32. The van der Waals surface area contributed by atoms with E-state index in [4.69, 9.17) is 10.9 Å². The Morgan fingerprint density at radius 1 is 1.14 bits per heavy atom. The Morgan fingerprint density at radius 2 is 1.76 bits per heavy atom. The first-order valence-corrected chi connectivity index (χ1v) is 8.04. The predicted octanol–water partition coefficient (Wildman–Crippen LogP) is 2.45. The Kier molecular flexibility index (Phi) is 9.62. The van der Waals surface area contributed by atoms with Gasteiger partial charge in [0, 0.05) is 25.0 Å². The molecule has 5 nitrogen and oxygen atoms in total. The molecular formula is C16H36N4O. The summed E-state index contributed by atoms with van der Waals surface area (Å²) in [5.74, 6) is 1.02. The molecule has 0 spiro atoms. The maximum atomic E-state index is 8.79. The summed E-state index contributed by atoms with van der Waals surface area (Å²) in [7, 11) is 4.24. The molecule has 0 saturated carbocycles. The minimum Gasteiger partial charge on any atom is -0.409 e. The van der Waals surface area contributed by atoms with Gasteiger partial charge in [-0.2, -0.15) is 0 Å². The molecule has 0 aromatic carbocycles. The van der Waals surface area contributed by atoms with Crippen LogP contribution in [-0.4, -0.2) is 61.1 Å². The monoisotopic (exact) mass is 300 g/mol. The molecule has 0 unspecified atom stereocenters. The van der Waals surface area contributed by atoms with Crippen molar-refractivity contribution in [3.8, 4) is 0 Å². The lowest BCUT2D eigenvalue weighted by Crippen LogP contribution is -2.35. The van der Waals surface area contributed by atoms with Crippen molar-refractivity contribution in [1.29, 1.82) is 0 Å². The van der Waals surface area contributed by atoms with Crippen LogP contribution in [0.25, 0.3) is 0 Å². The highest BCUT2D eigenvalue weighted by Crippen LogP contribution is 2.23. The Morgan fingerprint density at radius 3 is 2.24 bits per heavy atom. The smallest absolute Gasteiger partial charge is 0.144 e. The van der Waals surface area contributed by atoms with Gasteiger partial charge in [-0.25, -0.2) is 0 Å². The van der Waals surface area contributed by atoms with Crippen molar-refractivity contribution in [3.05, 3.63) is 0 Å². The zero-order chi connectivity index (χ0) is 16.5. The highest BCUT2D eigenvalue weighted by atomic mass is 16.4. The van der Waals surface area contributed by atoms with Gasteiger partial charge in [-0.05, 0) is 39.4 Å². The average Bonchev–Trinajstić information content (AvgIpc) is 2.38. The van der Waals surface area contributed by atoms with Crippen LogP contribution in [0, 0.1) is 11.3 Å². The number of unbranched alkanes of at least 4 members (excludes halogenated alkanes) is 1. The van der Waals surface area contributed by atoms with Crippen LogP contribution in [0.1, 0.15) is 47.0 Å². The van der Waals surface area contributed by atoms with Crippen molar-refractivity contribution >= 4 is 5.84 Å². The molecule has 0 amide bonds. The van der Waals surface area contributed by atoms with Crippen molar-refractivity contribution in [2.45, 2.75) is 47.0 Å². The number of nitrogens with two attached hydrogens (primary N) is 1. The second kappa shape index (κ2) is 10.0. The topological polar surface area (TPSA) is 65.1 Å². The molecule has 0 radical (unpaired) electrons. The molecule has 0 aliphatic rings. The summed E-state index contributed by atoms with van der Waals surface area (Å²) in [6, 6.07) is 0. The van der Waals surface area contributed by atoms with E-state index in [0.29, 0.717) is 11.8 Å². The molecule has 3 N–H and O–H groups in total. The maximum absolute atomic E-state index is 8.79. The summed E-state index contributed by atoms with van der Waals surface area (Å²) in [5.41, 5.74) is 5.50. The molecule has 0 aliphatic heterocycles. The molecule has 0 aromatic rings. The molecule has 0 atom stereocenters. The van der Waals surface area contributed by atoms with Gasteiger partial charge in [0.25, 0.3) is 0 Å². The Balaban J connectivity index is 4.12. The second-order valence-corrected chi connectivity index (χ2v) is 7.32. The number of hydrogen-bond donors (Lipinski definition) is 2. The van der Waals surface area contributed by atoms with Gasteiger partial charge < -0.3 is 20.7 Å². The molecule has 126 valence electrons. The summed E-state index contributed by atoms with van der Waals surface area (Å²) in [6.45, 7) is 13.1. The van der Waals surface area contributed by atoms with Crippen LogP contribution in [0.4, 0.5) is 0 Å². The van der Waals surface area contributed by atoms with Gasteiger partial charge in [-0.3, -0.25) is 0 Å². The van der Waals surface area contributed by atoms with Gasteiger partial charge >= 0.3 is 0 Å². The Bertz CT molecular complexity index is 301. The molecule has 0 heterocycles. The lowest BCUT2D eigenvalue weighted by atomic mass is 9.86. The first kappa shape index (κ1) is 20.2. The number of oxime groups is 1. The highest BCUT2D eigenvalue weighted by Gasteiger charge is 2.22. The first-order valence-electron chi connectivity index (χ1n) is 8.04. The fraction of sp³-hybridized carbons (Fsp3) is 0.938. The molecular weight excluding hydrogens is 264 g/mol. The zero-order valence-electron chi connectivity index (χ0n) is 14.9. The lowest BCUT2D eigenvalue weighted by molar-refractivity contribution is 0.213. The van der Waals surface area contributed by atoms with Crippen LogP contribution in [0.5, 0.6) is 0 Å². The third kappa shape index (κ3) is 9.69. The van der Waals surface area contributed by atoms with Crippen molar-refractivity contribution in [2.75, 3.05) is 40.3 Å². The van der Waals surface area contributed by atoms with Crippen LogP contribution in [-0.2, 0) is 0 Å². The van der Waals surface area contributed by atoms with E-state index in [1.165, 1.54) is 0 Å². The summed E-state index contributed by atoms with van der Waals surface area (Å²) in [5, 5.41) is 11.9. The fourth-order valence-corrected chi connectivity index (χ4v) is 2.32. The quantitative estimate of drug-likeness (QED) is 0.202. The van der Waals surface area contributed by atoms with Crippen molar-refractivity contribution in [1.82, 2.24) is 9.80 Å². The van der Waals surface area contributed by atoms with Crippen LogP contribution in [0.3, 0.4) is 0 Å². The van der Waals surface area contributed by atoms with Gasteiger partial charge in [0.15, 0.2) is 0 Å². The predicted molar refractivity (Wildman–Crippen MR) is 90.9 cm³/mol. The number of likely N-dealkylation sites (N-methyl/N-ethyl adjacent to an activating group) is 1. The van der Waals surface area contributed by atoms with Crippen LogP contribution in [0.2, 0.25) is 0 Å². The minimum atomic E-state index is -0.221. The highest BCUT2D eigenvalue weighted by molar-refractivity contribution is 5.85.